The third-order valence-corrected chi connectivity index (χ3v) is 3.88. The Morgan fingerprint density at radius 3 is 2.84 bits per heavy atom. The zero-order valence-corrected chi connectivity index (χ0v) is 11.4. The summed E-state index contributed by atoms with van der Waals surface area (Å²) in [4.78, 5) is 23.1. The molecule has 1 aliphatic rings. The average Bonchev–Trinajstić information content (AvgIpc) is 2.30. The molecule has 0 atom stereocenters. The van der Waals surface area contributed by atoms with Crippen molar-refractivity contribution in [3.8, 4) is 0 Å². The van der Waals surface area contributed by atoms with Crippen LogP contribution < -0.4 is 5.32 Å². The molecular formula is C13H16N2O3S. The predicted molar refractivity (Wildman–Crippen MR) is 72.7 cm³/mol. The van der Waals surface area contributed by atoms with Crippen LogP contribution in [0.25, 0.3) is 0 Å². The molecule has 1 saturated heterocycles. The van der Waals surface area contributed by atoms with Crippen LogP contribution in [0, 0.1) is 12.8 Å². The van der Waals surface area contributed by atoms with E-state index in [-0.39, 0.29) is 18.4 Å². The summed E-state index contributed by atoms with van der Waals surface area (Å²) in [5, 5.41) is 10.9. The van der Waals surface area contributed by atoms with Crippen LogP contribution in [0.15, 0.2) is 29.2 Å². The van der Waals surface area contributed by atoms with Gasteiger partial charge in [0.25, 0.3) is 0 Å². The second kappa shape index (κ2) is 6.08. The number of carbonyl (C=O) groups excluding carboxylic acids is 1. The van der Waals surface area contributed by atoms with Gasteiger partial charge in [0.05, 0.1) is 5.92 Å². The zero-order valence-electron chi connectivity index (χ0n) is 10.6. The van der Waals surface area contributed by atoms with E-state index in [1.807, 2.05) is 25.1 Å². The van der Waals surface area contributed by atoms with Crippen LogP contribution in [0.2, 0.25) is 0 Å². The minimum atomic E-state index is -1.02. The molecule has 19 heavy (non-hydrogen) atoms. The highest BCUT2D eigenvalue weighted by atomic mass is 32.2. The van der Waals surface area contributed by atoms with Crippen molar-refractivity contribution in [2.24, 2.45) is 5.92 Å². The summed E-state index contributed by atoms with van der Waals surface area (Å²) in [6.07, 6.45) is 0. The minimum Gasteiger partial charge on any atom is -0.480 e. The maximum absolute atomic E-state index is 11.6. The maximum atomic E-state index is 11.6. The van der Waals surface area contributed by atoms with Gasteiger partial charge in [-0.05, 0) is 36.6 Å². The summed E-state index contributed by atoms with van der Waals surface area (Å²) < 4.78 is 2.10. The van der Waals surface area contributed by atoms with Crippen molar-refractivity contribution in [2.45, 2.75) is 11.8 Å². The lowest BCUT2D eigenvalue weighted by atomic mass is 10.0. The molecule has 0 spiro atoms. The largest absolute Gasteiger partial charge is 0.480 e. The van der Waals surface area contributed by atoms with E-state index in [2.05, 4.69) is 15.7 Å². The van der Waals surface area contributed by atoms with E-state index in [0.29, 0.717) is 13.1 Å². The first-order chi connectivity index (χ1) is 9.04. The summed E-state index contributed by atoms with van der Waals surface area (Å²) >= 11 is 1.63. The number of carboxylic acids is 1. The summed E-state index contributed by atoms with van der Waals surface area (Å²) in [7, 11) is 0. The molecule has 6 heteroatoms. The Balaban J connectivity index is 1.74. The van der Waals surface area contributed by atoms with E-state index in [1.54, 1.807) is 11.9 Å². The van der Waals surface area contributed by atoms with Gasteiger partial charge in [-0.15, -0.1) is 0 Å². The normalized spacial score (nSPS) is 15.8. The van der Waals surface area contributed by atoms with Crippen LogP contribution in [-0.2, 0) is 9.59 Å². The number of benzene rings is 1. The second-order valence-electron chi connectivity index (χ2n) is 4.56. The van der Waals surface area contributed by atoms with Crippen LogP contribution in [0.5, 0.6) is 0 Å². The molecule has 102 valence electrons. The summed E-state index contributed by atoms with van der Waals surface area (Å²) in [6.45, 7) is 3.05. The lowest BCUT2D eigenvalue weighted by Gasteiger charge is -2.36. The lowest BCUT2D eigenvalue weighted by Crippen LogP contribution is -2.51. The van der Waals surface area contributed by atoms with Crippen molar-refractivity contribution in [3.05, 3.63) is 29.8 Å². The fraction of sp³-hybridized carbons (Fsp3) is 0.385. The number of rotatable bonds is 5. The summed E-state index contributed by atoms with van der Waals surface area (Å²) in [5.74, 6) is -1.29. The molecule has 1 aromatic carbocycles. The van der Waals surface area contributed by atoms with Gasteiger partial charge in [-0.25, -0.2) is 4.31 Å². The first-order valence-electron chi connectivity index (χ1n) is 6.03. The molecular weight excluding hydrogens is 264 g/mol. The number of amides is 1. The second-order valence-corrected chi connectivity index (χ2v) is 5.73. The number of nitrogens with zero attached hydrogens (tertiary/aromatic N) is 1. The summed E-state index contributed by atoms with van der Waals surface area (Å²) in [5.41, 5.74) is 1.21. The highest BCUT2D eigenvalue weighted by Gasteiger charge is 2.33. The number of carboxylic acid groups (broad SMARTS) is 1. The molecule has 0 unspecified atom stereocenters. The van der Waals surface area contributed by atoms with Gasteiger partial charge >= 0.3 is 5.97 Å². The van der Waals surface area contributed by atoms with Crippen LogP contribution in [0.3, 0.4) is 0 Å². The molecule has 0 saturated carbocycles. The quantitative estimate of drug-likeness (QED) is 0.791. The molecule has 2 N–H and O–H groups in total. The van der Waals surface area contributed by atoms with E-state index >= 15 is 0 Å². The Kier molecular flexibility index (Phi) is 4.44. The van der Waals surface area contributed by atoms with Gasteiger partial charge in [0, 0.05) is 18.0 Å². The van der Waals surface area contributed by atoms with E-state index in [4.69, 9.17) is 5.11 Å². The van der Waals surface area contributed by atoms with Gasteiger partial charge in [-0.3, -0.25) is 9.59 Å². The fourth-order valence-electron chi connectivity index (χ4n) is 1.81. The Morgan fingerprint density at radius 2 is 2.21 bits per heavy atom. The lowest BCUT2D eigenvalue weighted by molar-refractivity contribution is -0.139. The minimum absolute atomic E-state index is 0.100. The highest BCUT2D eigenvalue weighted by molar-refractivity contribution is 7.97. The maximum Gasteiger partial charge on any atom is 0.322 e. The molecule has 0 bridgehead atoms. The van der Waals surface area contributed by atoms with Gasteiger partial charge in [-0.1, -0.05) is 12.1 Å². The van der Waals surface area contributed by atoms with E-state index in [0.717, 1.165) is 4.90 Å². The van der Waals surface area contributed by atoms with E-state index in [1.165, 1.54) is 5.56 Å². The number of nitrogens with one attached hydrogen (secondary N) is 1. The Hall–Kier alpha value is -1.53. The molecule has 0 aromatic heterocycles. The van der Waals surface area contributed by atoms with Gasteiger partial charge in [0.15, 0.2) is 0 Å². The number of hydrogen-bond acceptors (Lipinski definition) is 4. The van der Waals surface area contributed by atoms with Crippen molar-refractivity contribution in [2.75, 3.05) is 19.6 Å². The first-order valence-corrected chi connectivity index (χ1v) is 6.81. The number of hydrogen-bond donors (Lipinski definition) is 2. The van der Waals surface area contributed by atoms with Crippen LogP contribution in [-0.4, -0.2) is 40.9 Å². The molecule has 0 radical (unpaired) electrons. The molecule has 1 heterocycles. The fourth-order valence-corrected chi connectivity index (χ4v) is 2.99. The molecule has 0 aliphatic carbocycles. The Labute approximate surface area is 116 Å². The molecule has 1 aromatic rings. The SMILES string of the molecule is Cc1cccc(SN2CC(C(=O)NCC(=O)O)C2)c1. The van der Waals surface area contributed by atoms with Crippen molar-refractivity contribution in [1.82, 2.24) is 9.62 Å². The topological polar surface area (TPSA) is 69.6 Å². The van der Waals surface area contributed by atoms with Gasteiger partial charge in [-0.2, -0.15) is 0 Å². The van der Waals surface area contributed by atoms with Crippen LogP contribution in [0.1, 0.15) is 5.56 Å². The summed E-state index contributed by atoms with van der Waals surface area (Å²) in [6, 6.07) is 8.19. The molecule has 5 nitrogen and oxygen atoms in total. The zero-order chi connectivity index (χ0) is 13.8. The van der Waals surface area contributed by atoms with Crippen molar-refractivity contribution >= 4 is 23.8 Å². The smallest absolute Gasteiger partial charge is 0.322 e. The van der Waals surface area contributed by atoms with Crippen molar-refractivity contribution in [3.63, 3.8) is 0 Å². The number of carbonyl (C=O) groups is 2. The number of aryl methyl sites for hydroxylation is 1. The van der Waals surface area contributed by atoms with Crippen molar-refractivity contribution in [1.29, 1.82) is 0 Å². The van der Waals surface area contributed by atoms with Crippen LogP contribution in [0.4, 0.5) is 0 Å². The van der Waals surface area contributed by atoms with Gasteiger partial charge in [0.2, 0.25) is 5.91 Å². The third kappa shape index (κ3) is 3.97. The Morgan fingerprint density at radius 1 is 1.47 bits per heavy atom. The molecule has 1 aliphatic heterocycles. The van der Waals surface area contributed by atoms with Crippen molar-refractivity contribution < 1.29 is 14.7 Å². The predicted octanol–water partition coefficient (Wildman–Crippen LogP) is 1.13. The van der Waals surface area contributed by atoms with E-state index < -0.39 is 5.97 Å². The third-order valence-electron chi connectivity index (χ3n) is 2.86. The molecule has 1 amide bonds. The monoisotopic (exact) mass is 280 g/mol. The Bertz CT molecular complexity index is 487. The highest BCUT2D eigenvalue weighted by Crippen LogP contribution is 2.30. The first kappa shape index (κ1) is 13.9. The van der Waals surface area contributed by atoms with E-state index in [9.17, 15) is 9.59 Å². The van der Waals surface area contributed by atoms with Crippen LogP contribution >= 0.6 is 11.9 Å². The molecule has 2 rings (SSSR count). The van der Waals surface area contributed by atoms with Gasteiger partial charge in [0.1, 0.15) is 6.54 Å². The standard InChI is InChI=1S/C13H16N2O3S/c1-9-3-2-4-11(5-9)19-15-7-10(8-15)13(18)14-6-12(16)17/h2-5,10H,6-8H2,1H3,(H,14,18)(H,16,17). The average molecular weight is 280 g/mol. The number of aliphatic carboxylic acids is 1. The van der Waals surface area contributed by atoms with Gasteiger partial charge < -0.3 is 10.4 Å². The molecule has 1 fully saturated rings.